The summed E-state index contributed by atoms with van der Waals surface area (Å²) in [5, 5.41) is 6.54. The highest BCUT2D eigenvalue weighted by molar-refractivity contribution is 5.75. The van der Waals surface area contributed by atoms with Crippen LogP contribution in [0.3, 0.4) is 0 Å². The first-order valence-electron chi connectivity index (χ1n) is 5.89. The van der Waals surface area contributed by atoms with E-state index < -0.39 is 0 Å². The van der Waals surface area contributed by atoms with Crippen molar-refractivity contribution < 1.29 is 9.32 Å². The molecule has 1 fully saturated rings. The molecule has 0 bridgehead atoms. The Kier molecular flexibility index (Phi) is 3.73. The summed E-state index contributed by atoms with van der Waals surface area (Å²) in [6.07, 6.45) is 1.67. The number of aryl methyl sites for hydroxylation is 1. The molecule has 0 aliphatic carbocycles. The summed E-state index contributed by atoms with van der Waals surface area (Å²) < 4.78 is 4.93. The Morgan fingerprint density at radius 1 is 1.65 bits per heavy atom. The van der Waals surface area contributed by atoms with E-state index >= 15 is 0 Å². The second-order valence-corrected chi connectivity index (χ2v) is 4.50. The average Bonchev–Trinajstić information content (AvgIpc) is 2.89. The van der Waals surface area contributed by atoms with Crippen molar-refractivity contribution in [2.45, 2.75) is 26.3 Å². The summed E-state index contributed by atoms with van der Waals surface area (Å²) >= 11 is 0. The van der Waals surface area contributed by atoms with E-state index in [0.717, 1.165) is 25.3 Å². The first-order valence-corrected chi connectivity index (χ1v) is 5.89. The topological polar surface area (TPSA) is 71.3 Å². The van der Waals surface area contributed by atoms with Crippen LogP contribution < -0.4 is 5.32 Å². The van der Waals surface area contributed by atoms with E-state index in [0.29, 0.717) is 24.8 Å². The lowest BCUT2D eigenvalue weighted by molar-refractivity contribution is -0.121. The van der Waals surface area contributed by atoms with Gasteiger partial charge >= 0.3 is 0 Å². The SMILES string of the molecule is CNC(=O)C[C@@H]1CCN(Cc2noc(C)n2)C1. The van der Waals surface area contributed by atoms with Crippen molar-refractivity contribution in [3.8, 4) is 0 Å². The highest BCUT2D eigenvalue weighted by Gasteiger charge is 2.25. The van der Waals surface area contributed by atoms with E-state index in [2.05, 4.69) is 20.4 Å². The molecule has 0 unspecified atom stereocenters. The number of hydrogen-bond acceptors (Lipinski definition) is 5. The minimum atomic E-state index is 0.118. The molecule has 94 valence electrons. The van der Waals surface area contributed by atoms with Crippen LogP contribution in [0, 0.1) is 12.8 Å². The third-order valence-electron chi connectivity index (χ3n) is 3.06. The molecular formula is C11H18N4O2. The lowest BCUT2D eigenvalue weighted by Gasteiger charge is -2.13. The monoisotopic (exact) mass is 238 g/mol. The van der Waals surface area contributed by atoms with Crippen LogP contribution in [0.5, 0.6) is 0 Å². The Balaban J connectivity index is 1.80. The highest BCUT2D eigenvalue weighted by atomic mass is 16.5. The minimum Gasteiger partial charge on any atom is -0.359 e. The fourth-order valence-corrected chi connectivity index (χ4v) is 2.19. The molecule has 0 spiro atoms. The van der Waals surface area contributed by atoms with Gasteiger partial charge in [0.15, 0.2) is 5.82 Å². The van der Waals surface area contributed by atoms with Crippen LogP contribution in [0.4, 0.5) is 0 Å². The third kappa shape index (κ3) is 3.26. The van der Waals surface area contributed by atoms with Crippen LogP contribution in [0.1, 0.15) is 24.6 Å². The second-order valence-electron chi connectivity index (χ2n) is 4.50. The summed E-state index contributed by atoms with van der Waals surface area (Å²) in [6, 6.07) is 0. The quantitative estimate of drug-likeness (QED) is 0.818. The Bertz CT molecular complexity index is 391. The van der Waals surface area contributed by atoms with Gasteiger partial charge in [-0.1, -0.05) is 5.16 Å². The minimum absolute atomic E-state index is 0.118. The maximum atomic E-state index is 11.3. The van der Waals surface area contributed by atoms with Gasteiger partial charge in [-0.15, -0.1) is 0 Å². The third-order valence-corrected chi connectivity index (χ3v) is 3.06. The average molecular weight is 238 g/mol. The first kappa shape index (κ1) is 12.0. The standard InChI is InChI=1S/C11H18N4O2/c1-8-13-10(14-17-8)7-15-4-3-9(6-15)5-11(16)12-2/h9H,3-7H2,1-2H3,(H,12,16)/t9-/m0/s1. The zero-order valence-corrected chi connectivity index (χ0v) is 10.3. The molecule has 0 aromatic carbocycles. The largest absolute Gasteiger partial charge is 0.359 e. The molecule has 1 saturated heterocycles. The predicted molar refractivity (Wildman–Crippen MR) is 61.1 cm³/mol. The summed E-state index contributed by atoms with van der Waals surface area (Å²) in [7, 11) is 1.68. The lowest BCUT2D eigenvalue weighted by atomic mass is 10.1. The van der Waals surface area contributed by atoms with Crippen molar-refractivity contribution in [1.29, 1.82) is 0 Å². The van der Waals surface area contributed by atoms with Gasteiger partial charge in [0.2, 0.25) is 11.8 Å². The molecule has 6 heteroatoms. The molecule has 17 heavy (non-hydrogen) atoms. The fourth-order valence-electron chi connectivity index (χ4n) is 2.19. The van der Waals surface area contributed by atoms with Crippen LogP contribution in [-0.2, 0) is 11.3 Å². The molecule has 1 aromatic heterocycles. The molecule has 1 amide bonds. The van der Waals surface area contributed by atoms with E-state index in [-0.39, 0.29) is 5.91 Å². The molecule has 1 aromatic rings. The van der Waals surface area contributed by atoms with Crippen molar-refractivity contribution in [2.24, 2.45) is 5.92 Å². The van der Waals surface area contributed by atoms with E-state index in [9.17, 15) is 4.79 Å². The van der Waals surface area contributed by atoms with Gasteiger partial charge in [0.05, 0.1) is 6.54 Å². The second kappa shape index (κ2) is 5.27. The Morgan fingerprint density at radius 2 is 2.47 bits per heavy atom. The molecule has 1 atom stereocenters. The zero-order chi connectivity index (χ0) is 12.3. The van der Waals surface area contributed by atoms with Crippen molar-refractivity contribution >= 4 is 5.91 Å². The number of carbonyl (C=O) groups is 1. The number of rotatable bonds is 4. The van der Waals surface area contributed by atoms with Gasteiger partial charge < -0.3 is 9.84 Å². The molecule has 0 saturated carbocycles. The predicted octanol–water partition coefficient (Wildman–Crippen LogP) is 0.336. The Hall–Kier alpha value is -1.43. The number of hydrogen-bond donors (Lipinski definition) is 1. The summed E-state index contributed by atoms with van der Waals surface area (Å²) in [6.45, 7) is 4.42. The normalized spacial score (nSPS) is 20.7. The van der Waals surface area contributed by atoms with Crippen molar-refractivity contribution in [2.75, 3.05) is 20.1 Å². The van der Waals surface area contributed by atoms with E-state index in [4.69, 9.17) is 4.52 Å². The van der Waals surface area contributed by atoms with Gasteiger partial charge in [-0.3, -0.25) is 9.69 Å². The van der Waals surface area contributed by atoms with Crippen molar-refractivity contribution in [1.82, 2.24) is 20.4 Å². The first-order chi connectivity index (χ1) is 8.17. The maximum Gasteiger partial charge on any atom is 0.223 e. The van der Waals surface area contributed by atoms with E-state index in [1.807, 2.05) is 0 Å². The number of aromatic nitrogens is 2. The smallest absolute Gasteiger partial charge is 0.223 e. The van der Waals surface area contributed by atoms with Crippen LogP contribution in [0.25, 0.3) is 0 Å². The Labute approximate surface area is 100 Å². The van der Waals surface area contributed by atoms with Gasteiger partial charge in [-0.25, -0.2) is 0 Å². The highest BCUT2D eigenvalue weighted by Crippen LogP contribution is 2.20. The van der Waals surface area contributed by atoms with Gasteiger partial charge in [0.25, 0.3) is 0 Å². The number of carbonyl (C=O) groups excluding carboxylic acids is 1. The Morgan fingerprint density at radius 3 is 3.12 bits per heavy atom. The van der Waals surface area contributed by atoms with Crippen molar-refractivity contribution in [3.63, 3.8) is 0 Å². The summed E-state index contributed by atoms with van der Waals surface area (Å²) in [5.41, 5.74) is 0. The molecular weight excluding hydrogens is 220 g/mol. The lowest BCUT2D eigenvalue weighted by Crippen LogP contribution is -2.24. The molecule has 6 nitrogen and oxygen atoms in total. The number of nitrogens with zero attached hydrogens (tertiary/aromatic N) is 3. The fraction of sp³-hybridized carbons (Fsp3) is 0.727. The number of amides is 1. The van der Waals surface area contributed by atoms with Crippen LogP contribution in [0.15, 0.2) is 4.52 Å². The van der Waals surface area contributed by atoms with E-state index in [1.165, 1.54) is 0 Å². The number of nitrogens with one attached hydrogen (secondary N) is 1. The van der Waals surface area contributed by atoms with Gasteiger partial charge in [0.1, 0.15) is 0 Å². The summed E-state index contributed by atoms with van der Waals surface area (Å²) in [4.78, 5) is 17.7. The molecule has 1 aliphatic heterocycles. The van der Waals surface area contributed by atoms with Crippen LogP contribution >= 0.6 is 0 Å². The van der Waals surface area contributed by atoms with Gasteiger partial charge in [0, 0.05) is 26.9 Å². The molecule has 0 radical (unpaired) electrons. The molecule has 2 rings (SSSR count). The maximum absolute atomic E-state index is 11.3. The van der Waals surface area contributed by atoms with Crippen molar-refractivity contribution in [3.05, 3.63) is 11.7 Å². The summed E-state index contributed by atoms with van der Waals surface area (Å²) in [5.74, 6) is 1.89. The zero-order valence-electron chi connectivity index (χ0n) is 10.3. The van der Waals surface area contributed by atoms with E-state index in [1.54, 1.807) is 14.0 Å². The molecule has 1 N–H and O–H groups in total. The molecule has 1 aliphatic rings. The van der Waals surface area contributed by atoms with Crippen LogP contribution in [-0.4, -0.2) is 41.1 Å². The van der Waals surface area contributed by atoms with Gasteiger partial charge in [-0.05, 0) is 18.9 Å². The molecule has 2 heterocycles. The van der Waals surface area contributed by atoms with Crippen LogP contribution in [0.2, 0.25) is 0 Å². The number of likely N-dealkylation sites (tertiary alicyclic amines) is 1. The van der Waals surface area contributed by atoms with Gasteiger partial charge in [-0.2, -0.15) is 4.98 Å².